The van der Waals surface area contributed by atoms with Gasteiger partial charge in [0.05, 0.1) is 22.4 Å². The molecule has 0 saturated carbocycles. The monoisotopic (exact) mass is 649 g/mol. The molecule has 1 atom stereocenters. The smallest absolute Gasteiger partial charge is 0.165 e. The molecule has 3 heteroatoms. The zero-order chi connectivity index (χ0) is 33.5. The Bertz CT molecular complexity index is 2850. The predicted octanol–water partition coefficient (Wildman–Crippen LogP) is 12.4. The number of nitrogens with zero attached hydrogens (tertiary/aromatic N) is 3. The van der Waals surface area contributed by atoms with Crippen LogP contribution >= 0.6 is 0 Å². The van der Waals surface area contributed by atoms with Crippen molar-refractivity contribution in [1.82, 2.24) is 9.97 Å². The molecule has 9 aromatic rings. The molecule has 0 radical (unpaired) electrons. The van der Waals surface area contributed by atoms with Crippen molar-refractivity contribution in [3.63, 3.8) is 0 Å². The molecule has 0 bridgehead atoms. The number of benzene rings is 8. The van der Waals surface area contributed by atoms with E-state index in [-0.39, 0.29) is 0 Å². The van der Waals surface area contributed by atoms with Crippen LogP contribution in [0.2, 0.25) is 0 Å². The zero-order valence-corrected chi connectivity index (χ0v) is 27.8. The second-order valence-electron chi connectivity index (χ2n) is 13.7. The van der Waals surface area contributed by atoms with Crippen LogP contribution < -0.4 is 4.90 Å². The lowest BCUT2D eigenvalue weighted by atomic mass is 9.75. The molecule has 0 fully saturated rings. The standard InChI is InChI=1S/C48H31N3/c1-2-12-30(13-3-1)39-28-33-24-25-34(29-40(33)37-19-7-6-18-36(37)39)47-48(50-42-22-9-8-21-41(42)49-47)51-43-23-11-16-32-15-10-20-38(45(32)43)46-35-17-5-4-14-31(35)26-27-44(46)51/h1-27,29,39H,28H2. The van der Waals surface area contributed by atoms with Gasteiger partial charge in [0.25, 0.3) is 0 Å². The first kappa shape index (κ1) is 28.3. The molecule has 51 heavy (non-hydrogen) atoms. The van der Waals surface area contributed by atoms with E-state index in [1.807, 2.05) is 12.1 Å². The highest BCUT2D eigenvalue weighted by atomic mass is 15.2. The molecule has 2 aliphatic rings. The maximum absolute atomic E-state index is 5.49. The van der Waals surface area contributed by atoms with Gasteiger partial charge in [0.1, 0.15) is 5.69 Å². The van der Waals surface area contributed by atoms with E-state index < -0.39 is 0 Å². The van der Waals surface area contributed by atoms with Crippen LogP contribution in [0.1, 0.15) is 22.6 Å². The number of aromatic nitrogens is 2. The van der Waals surface area contributed by atoms with Crippen molar-refractivity contribution in [3.8, 4) is 33.5 Å². The Morgan fingerprint density at radius 3 is 2.14 bits per heavy atom. The molecule has 0 N–H and O–H groups in total. The second kappa shape index (κ2) is 11.0. The van der Waals surface area contributed by atoms with Crippen LogP contribution in [0.3, 0.4) is 0 Å². The molecule has 1 unspecified atom stereocenters. The number of fused-ring (bicyclic) bond motifs is 8. The predicted molar refractivity (Wildman–Crippen MR) is 211 cm³/mol. The van der Waals surface area contributed by atoms with Gasteiger partial charge < -0.3 is 0 Å². The van der Waals surface area contributed by atoms with Crippen LogP contribution in [0.5, 0.6) is 0 Å². The summed E-state index contributed by atoms with van der Waals surface area (Å²) in [5.41, 5.74) is 15.0. The minimum Gasteiger partial charge on any atom is -0.292 e. The quantitative estimate of drug-likeness (QED) is 0.191. The number of hydrogen-bond acceptors (Lipinski definition) is 3. The third-order valence-corrected chi connectivity index (χ3v) is 10.9. The fraction of sp³-hybridized carbons (Fsp3) is 0.0417. The van der Waals surface area contributed by atoms with E-state index in [1.54, 1.807) is 0 Å². The SMILES string of the molecule is c1ccc(C2Cc3ccc(-c4nc5ccccc5nc4N4c5ccc6ccccc6c5-c5cccc6cccc4c56)cc3-c3ccccc32)cc1. The molecule has 0 amide bonds. The minimum atomic E-state index is 0.317. The van der Waals surface area contributed by atoms with E-state index in [0.717, 1.165) is 45.9 Å². The lowest BCUT2D eigenvalue weighted by molar-refractivity contribution is 0.794. The molecule has 1 aliphatic heterocycles. The summed E-state index contributed by atoms with van der Waals surface area (Å²) in [5, 5.41) is 4.90. The molecule has 238 valence electrons. The van der Waals surface area contributed by atoms with Gasteiger partial charge in [0, 0.05) is 22.4 Å². The highest BCUT2D eigenvalue weighted by Gasteiger charge is 2.32. The van der Waals surface area contributed by atoms with Crippen LogP contribution in [0.15, 0.2) is 170 Å². The topological polar surface area (TPSA) is 29.0 Å². The zero-order valence-electron chi connectivity index (χ0n) is 27.8. The Hall–Kier alpha value is -6.58. The van der Waals surface area contributed by atoms with E-state index in [4.69, 9.17) is 9.97 Å². The summed E-state index contributed by atoms with van der Waals surface area (Å²) in [4.78, 5) is 13.3. The second-order valence-corrected chi connectivity index (χ2v) is 13.7. The van der Waals surface area contributed by atoms with E-state index >= 15 is 0 Å². The summed E-state index contributed by atoms with van der Waals surface area (Å²) < 4.78 is 0. The molecular weight excluding hydrogens is 619 g/mol. The van der Waals surface area contributed by atoms with E-state index in [1.165, 1.54) is 60.5 Å². The van der Waals surface area contributed by atoms with E-state index in [2.05, 4.69) is 163 Å². The van der Waals surface area contributed by atoms with Gasteiger partial charge in [0.2, 0.25) is 0 Å². The van der Waals surface area contributed by atoms with Crippen LogP contribution in [-0.4, -0.2) is 9.97 Å². The maximum atomic E-state index is 5.49. The Morgan fingerprint density at radius 1 is 0.510 bits per heavy atom. The molecule has 1 aromatic heterocycles. The molecule has 0 spiro atoms. The maximum Gasteiger partial charge on any atom is 0.165 e. The first-order valence-electron chi connectivity index (χ1n) is 17.7. The Labute approximate surface area is 296 Å². The summed E-state index contributed by atoms with van der Waals surface area (Å²) in [6.45, 7) is 0. The fourth-order valence-electron chi connectivity index (χ4n) is 8.65. The summed E-state index contributed by atoms with van der Waals surface area (Å²) in [6, 6.07) is 61.5. The average molecular weight is 650 g/mol. The largest absolute Gasteiger partial charge is 0.292 e. The number of para-hydroxylation sites is 2. The Balaban J connectivity index is 1.18. The number of hydrogen-bond donors (Lipinski definition) is 0. The Kier molecular flexibility index (Phi) is 6.08. The molecule has 3 nitrogen and oxygen atoms in total. The van der Waals surface area contributed by atoms with Gasteiger partial charge in [-0.25, -0.2) is 9.97 Å². The average Bonchev–Trinajstić information content (AvgIpc) is 3.20. The molecule has 0 saturated heterocycles. The third-order valence-electron chi connectivity index (χ3n) is 10.9. The first-order chi connectivity index (χ1) is 25.3. The van der Waals surface area contributed by atoms with Gasteiger partial charge >= 0.3 is 0 Å². The van der Waals surface area contributed by atoms with Crippen LogP contribution in [-0.2, 0) is 6.42 Å². The van der Waals surface area contributed by atoms with Crippen molar-refractivity contribution >= 4 is 49.8 Å². The van der Waals surface area contributed by atoms with Crippen LogP contribution in [0.4, 0.5) is 17.2 Å². The molecule has 8 aromatic carbocycles. The molecule has 1 aliphatic carbocycles. The summed E-state index contributed by atoms with van der Waals surface area (Å²) in [7, 11) is 0. The van der Waals surface area contributed by atoms with Crippen molar-refractivity contribution in [3.05, 3.63) is 187 Å². The van der Waals surface area contributed by atoms with Crippen LogP contribution in [0.25, 0.3) is 66.1 Å². The van der Waals surface area contributed by atoms with Gasteiger partial charge in [-0.15, -0.1) is 0 Å². The lowest BCUT2D eigenvalue weighted by Crippen LogP contribution is -2.18. The lowest BCUT2D eigenvalue weighted by Gasteiger charge is -2.34. The van der Waals surface area contributed by atoms with Crippen molar-refractivity contribution < 1.29 is 0 Å². The summed E-state index contributed by atoms with van der Waals surface area (Å²) in [6.07, 6.45) is 0.957. The normalized spacial score (nSPS) is 14.4. The summed E-state index contributed by atoms with van der Waals surface area (Å²) in [5.74, 6) is 1.15. The highest BCUT2D eigenvalue weighted by molar-refractivity contribution is 6.19. The minimum absolute atomic E-state index is 0.317. The van der Waals surface area contributed by atoms with Crippen molar-refractivity contribution in [1.29, 1.82) is 0 Å². The highest BCUT2D eigenvalue weighted by Crippen LogP contribution is 2.54. The van der Waals surface area contributed by atoms with Crippen molar-refractivity contribution in [2.45, 2.75) is 12.3 Å². The molecule has 11 rings (SSSR count). The van der Waals surface area contributed by atoms with Crippen LogP contribution in [0, 0.1) is 0 Å². The Morgan fingerprint density at radius 2 is 1.24 bits per heavy atom. The third kappa shape index (κ3) is 4.25. The van der Waals surface area contributed by atoms with Gasteiger partial charge in [-0.3, -0.25) is 4.90 Å². The number of anilines is 3. The summed E-state index contributed by atoms with van der Waals surface area (Å²) >= 11 is 0. The fourth-order valence-corrected chi connectivity index (χ4v) is 8.65. The van der Waals surface area contributed by atoms with Gasteiger partial charge in [0.15, 0.2) is 5.82 Å². The molecular formula is C48H31N3. The molecule has 2 heterocycles. The first-order valence-corrected chi connectivity index (χ1v) is 17.7. The van der Waals surface area contributed by atoms with Gasteiger partial charge in [-0.1, -0.05) is 140 Å². The van der Waals surface area contributed by atoms with Gasteiger partial charge in [-0.2, -0.15) is 0 Å². The van der Waals surface area contributed by atoms with E-state index in [9.17, 15) is 0 Å². The van der Waals surface area contributed by atoms with Gasteiger partial charge in [-0.05, 0) is 86.3 Å². The van der Waals surface area contributed by atoms with E-state index in [0.29, 0.717) is 5.92 Å². The number of rotatable bonds is 3. The van der Waals surface area contributed by atoms with Crippen molar-refractivity contribution in [2.75, 3.05) is 4.90 Å². The van der Waals surface area contributed by atoms with Crippen molar-refractivity contribution in [2.24, 2.45) is 0 Å².